The molecular formula is C18H18Cl2F2N4O. The number of benzene rings is 1. The lowest BCUT2D eigenvalue weighted by Gasteiger charge is -2.40. The normalized spacial score (nSPS) is 21.5. The molecule has 1 spiro atoms. The van der Waals surface area contributed by atoms with Crippen molar-refractivity contribution >= 4 is 46.0 Å². The van der Waals surface area contributed by atoms with Crippen LogP contribution in [0.15, 0.2) is 18.3 Å². The molecule has 1 amide bonds. The maximum atomic E-state index is 12.8. The summed E-state index contributed by atoms with van der Waals surface area (Å²) in [5.74, 6) is -0.546. The quantitative estimate of drug-likeness (QED) is 0.816. The molecule has 1 aliphatic carbocycles. The highest BCUT2D eigenvalue weighted by atomic mass is 35.5. The summed E-state index contributed by atoms with van der Waals surface area (Å²) in [6, 6.07) is 3.01. The van der Waals surface area contributed by atoms with E-state index in [-0.39, 0.29) is 6.04 Å². The molecule has 5 nitrogen and oxygen atoms in total. The van der Waals surface area contributed by atoms with E-state index < -0.39 is 17.9 Å². The van der Waals surface area contributed by atoms with Crippen LogP contribution in [0.2, 0.25) is 10.0 Å². The Labute approximate surface area is 165 Å². The third-order valence-corrected chi connectivity index (χ3v) is 6.38. The standard InChI is InChI=1S/C18H18Cl2F2N4O/c19-10-7-12-13(8-11(10)20)24-15(9-23-12)26-6-3-14(25-17(27)16(21)22)18(26)4-1-2-5-18/h7-9,14,16H,1-6H2,(H,25,27). The van der Waals surface area contributed by atoms with Crippen molar-refractivity contribution in [1.29, 1.82) is 0 Å². The van der Waals surface area contributed by atoms with E-state index in [1.54, 1.807) is 18.3 Å². The molecule has 1 saturated carbocycles. The van der Waals surface area contributed by atoms with Gasteiger partial charge in [0.2, 0.25) is 0 Å². The lowest BCUT2D eigenvalue weighted by atomic mass is 9.89. The molecule has 9 heteroatoms. The number of nitrogens with zero attached hydrogens (tertiary/aromatic N) is 3. The molecule has 2 heterocycles. The Bertz CT molecular complexity index is 889. The summed E-state index contributed by atoms with van der Waals surface area (Å²) < 4.78 is 25.5. The van der Waals surface area contributed by atoms with E-state index in [0.717, 1.165) is 25.7 Å². The topological polar surface area (TPSA) is 58.1 Å². The Kier molecular flexibility index (Phi) is 4.84. The molecule has 1 aromatic carbocycles. The van der Waals surface area contributed by atoms with Gasteiger partial charge in [0.05, 0.1) is 38.9 Å². The molecule has 1 atom stereocenters. The predicted octanol–water partition coefficient (Wildman–Crippen LogP) is 4.21. The van der Waals surface area contributed by atoms with Gasteiger partial charge in [0.25, 0.3) is 5.91 Å². The molecular weight excluding hydrogens is 397 g/mol. The highest BCUT2D eigenvalue weighted by Crippen LogP contribution is 2.45. The van der Waals surface area contributed by atoms with Gasteiger partial charge in [0, 0.05) is 6.54 Å². The summed E-state index contributed by atoms with van der Waals surface area (Å²) >= 11 is 12.1. The van der Waals surface area contributed by atoms with Gasteiger partial charge in [-0.2, -0.15) is 8.78 Å². The van der Waals surface area contributed by atoms with Gasteiger partial charge in [-0.15, -0.1) is 0 Å². The van der Waals surface area contributed by atoms with Crippen molar-refractivity contribution in [1.82, 2.24) is 15.3 Å². The zero-order chi connectivity index (χ0) is 19.2. The molecule has 1 N–H and O–H groups in total. The third-order valence-electron chi connectivity index (χ3n) is 5.66. The van der Waals surface area contributed by atoms with Crippen LogP contribution in [-0.2, 0) is 4.79 Å². The number of aromatic nitrogens is 2. The SMILES string of the molecule is O=C(NC1CCN(c2cnc3cc(Cl)c(Cl)cc3n2)C12CCCC2)C(F)F. The number of hydrogen-bond donors (Lipinski definition) is 1. The van der Waals surface area contributed by atoms with Gasteiger partial charge in [-0.05, 0) is 31.4 Å². The molecule has 1 saturated heterocycles. The van der Waals surface area contributed by atoms with Crippen molar-refractivity contribution in [3.05, 3.63) is 28.4 Å². The molecule has 2 aliphatic rings. The number of fused-ring (bicyclic) bond motifs is 1. The molecule has 1 aromatic heterocycles. The van der Waals surface area contributed by atoms with Crippen molar-refractivity contribution in [2.24, 2.45) is 0 Å². The van der Waals surface area contributed by atoms with Crippen LogP contribution in [0, 0.1) is 0 Å². The minimum atomic E-state index is -3.01. The average Bonchev–Trinajstić information content (AvgIpc) is 3.25. The molecule has 1 aliphatic heterocycles. The maximum absolute atomic E-state index is 12.8. The van der Waals surface area contributed by atoms with E-state index in [4.69, 9.17) is 23.2 Å². The summed E-state index contributed by atoms with van der Waals surface area (Å²) in [6.07, 6.45) is 2.87. The molecule has 0 radical (unpaired) electrons. The van der Waals surface area contributed by atoms with Crippen LogP contribution in [0.3, 0.4) is 0 Å². The van der Waals surface area contributed by atoms with Crippen LogP contribution in [0.1, 0.15) is 32.1 Å². The van der Waals surface area contributed by atoms with Gasteiger partial charge in [-0.25, -0.2) is 4.98 Å². The second-order valence-corrected chi connectivity index (χ2v) is 7.91. The molecule has 27 heavy (non-hydrogen) atoms. The van der Waals surface area contributed by atoms with E-state index in [2.05, 4.69) is 20.2 Å². The lowest BCUT2D eigenvalue weighted by molar-refractivity contribution is -0.132. The molecule has 2 aromatic rings. The van der Waals surface area contributed by atoms with Gasteiger partial charge in [0.15, 0.2) is 0 Å². The first-order valence-corrected chi connectivity index (χ1v) is 9.64. The summed E-state index contributed by atoms with van der Waals surface area (Å²) in [4.78, 5) is 22.8. The van der Waals surface area contributed by atoms with Crippen LogP contribution >= 0.6 is 23.2 Å². The van der Waals surface area contributed by atoms with E-state index in [0.29, 0.717) is 39.9 Å². The van der Waals surface area contributed by atoms with E-state index in [1.165, 1.54) is 0 Å². The fourth-order valence-electron chi connectivity index (χ4n) is 4.46. The van der Waals surface area contributed by atoms with Crippen LogP contribution in [-0.4, -0.2) is 40.4 Å². The van der Waals surface area contributed by atoms with Gasteiger partial charge in [0.1, 0.15) is 5.82 Å². The van der Waals surface area contributed by atoms with Crippen molar-refractivity contribution in [2.75, 3.05) is 11.4 Å². The average molecular weight is 415 g/mol. The summed E-state index contributed by atoms with van der Waals surface area (Å²) in [7, 11) is 0. The Morgan fingerprint density at radius 1 is 1.22 bits per heavy atom. The number of halogens is 4. The minimum absolute atomic E-state index is 0.326. The van der Waals surface area contributed by atoms with Gasteiger partial charge < -0.3 is 10.2 Å². The summed E-state index contributed by atoms with van der Waals surface area (Å²) in [5, 5.41) is 3.36. The summed E-state index contributed by atoms with van der Waals surface area (Å²) in [5.41, 5.74) is 0.855. The first-order valence-electron chi connectivity index (χ1n) is 8.89. The second-order valence-electron chi connectivity index (χ2n) is 7.10. The van der Waals surface area contributed by atoms with Gasteiger partial charge >= 0.3 is 6.43 Å². The summed E-state index contributed by atoms with van der Waals surface area (Å²) in [6.45, 7) is 0.621. The number of rotatable bonds is 3. The fraction of sp³-hybridized carbons (Fsp3) is 0.500. The molecule has 144 valence electrons. The molecule has 0 bridgehead atoms. The van der Waals surface area contributed by atoms with E-state index >= 15 is 0 Å². The van der Waals surface area contributed by atoms with Crippen molar-refractivity contribution in [3.8, 4) is 0 Å². The van der Waals surface area contributed by atoms with Crippen molar-refractivity contribution in [2.45, 2.75) is 50.1 Å². The Balaban J connectivity index is 1.69. The van der Waals surface area contributed by atoms with Crippen LogP contribution in [0.4, 0.5) is 14.6 Å². The number of amides is 1. The molecule has 1 unspecified atom stereocenters. The largest absolute Gasteiger partial charge is 0.347 e. The highest BCUT2D eigenvalue weighted by Gasteiger charge is 2.51. The fourth-order valence-corrected chi connectivity index (χ4v) is 4.77. The van der Waals surface area contributed by atoms with Crippen LogP contribution in [0.25, 0.3) is 11.0 Å². The zero-order valence-electron chi connectivity index (χ0n) is 14.4. The van der Waals surface area contributed by atoms with Crippen LogP contribution in [0.5, 0.6) is 0 Å². The Hall–Kier alpha value is -1.73. The third kappa shape index (κ3) is 3.21. The first-order chi connectivity index (χ1) is 12.9. The zero-order valence-corrected chi connectivity index (χ0v) is 15.9. The van der Waals surface area contributed by atoms with E-state index in [9.17, 15) is 13.6 Å². The number of carbonyl (C=O) groups is 1. The lowest BCUT2D eigenvalue weighted by Crippen LogP contribution is -2.56. The first kappa shape index (κ1) is 18.6. The predicted molar refractivity (Wildman–Crippen MR) is 101 cm³/mol. The number of hydrogen-bond acceptors (Lipinski definition) is 4. The number of nitrogens with one attached hydrogen (secondary N) is 1. The molecule has 2 fully saturated rings. The molecule has 4 rings (SSSR count). The monoisotopic (exact) mass is 414 g/mol. The Morgan fingerprint density at radius 3 is 2.56 bits per heavy atom. The van der Waals surface area contributed by atoms with Crippen molar-refractivity contribution in [3.63, 3.8) is 0 Å². The van der Waals surface area contributed by atoms with Crippen molar-refractivity contribution < 1.29 is 13.6 Å². The van der Waals surface area contributed by atoms with Gasteiger partial charge in [-0.1, -0.05) is 36.0 Å². The minimum Gasteiger partial charge on any atom is -0.347 e. The Morgan fingerprint density at radius 2 is 1.89 bits per heavy atom. The number of anilines is 1. The number of carbonyl (C=O) groups excluding carboxylic acids is 1. The number of alkyl halides is 2. The maximum Gasteiger partial charge on any atom is 0.315 e. The van der Waals surface area contributed by atoms with Gasteiger partial charge in [-0.3, -0.25) is 9.78 Å². The van der Waals surface area contributed by atoms with E-state index in [1.807, 2.05) is 0 Å². The second kappa shape index (κ2) is 7.02. The van der Waals surface area contributed by atoms with Crippen LogP contribution < -0.4 is 10.2 Å². The highest BCUT2D eigenvalue weighted by molar-refractivity contribution is 6.42. The smallest absolute Gasteiger partial charge is 0.315 e.